The lowest BCUT2D eigenvalue weighted by atomic mass is 9.86. The maximum atomic E-state index is 12.3. The molecular formula is C18H27NO2. The van der Waals surface area contributed by atoms with E-state index in [2.05, 4.69) is 18.7 Å². The van der Waals surface area contributed by atoms with E-state index in [-0.39, 0.29) is 5.78 Å². The Morgan fingerprint density at radius 3 is 2.38 bits per heavy atom. The monoisotopic (exact) mass is 289 g/mol. The second-order valence-corrected chi connectivity index (χ2v) is 6.24. The van der Waals surface area contributed by atoms with Gasteiger partial charge in [0.1, 0.15) is 5.75 Å². The average molecular weight is 289 g/mol. The van der Waals surface area contributed by atoms with Crippen LogP contribution >= 0.6 is 0 Å². The van der Waals surface area contributed by atoms with Crippen LogP contribution in [0.5, 0.6) is 5.75 Å². The van der Waals surface area contributed by atoms with Gasteiger partial charge in [-0.15, -0.1) is 0 Å². The van der Waals surface area contributed by atoms with Crippen LogP contribution < -0.4 is 4.74 Å². The third-order valence-corrected chi connectivity index (χ3v) is 4.43. The highest BCUT2D eigenvalue weighted by Crippen LogP contribution is 2.24. The van der Waals surface area contributed by atoms with E-state index < -0.39 is 0 Å². The van der Waals surface area contributed by atoms with Crippen LogP contribution in [0, 0.1) is 11.8 Å². The van der Waals surface area contributed by atoms with Crippen LogP contribution in [0.15, 0.2) is 24.3 Å². The van der Waals surface area contributed by atoms with Crippen LogP contribution in [0.2, 0.25) is 0 Å². The molecule has 1 aliphatic heterocycles. The molecular weight excluding hydrogens is 262 g/mol. The first-order valence-electron chi connectivity index (χ1n) is 8.08. The summed E-state index contributed by atoms with van der Waals surface area (Å²) in [5, 5.41) is 0. The topological polar surface area (TPSA) is 29.5 Å². The summed E-state index contributed by atoms with van der Waals surface area (Å²) in [4.78, 5) is 14.6. The molecule has 116 valence electrons. The highest BCUT2D eigenvalue weighted by molar-refractivity contribution is 5.97. The lowest BCUT2D eigenvalue weighted by Gasteiger charge is -2.33. The minimum atomic E-state index is 0.209. The van der Waals surface area contributed by atoms with Gasteiger partial charge in [0.15, 0.2) is 5.78 Å². The number of hydrogen-bond acceptors (Lipinski definition) is 3. The van der Waals surface area contributed by atoms with Gasteiger partial charge in [-0.05, 0) is 69.0 Å². The van der Waals surface area contributed by atoms with E-state index in [1.54, 1.807) is 0 Å². The van der Waals surface area contributed by atoms with Crippen molar-refractivity contribution in [1.82, 2.24) is 4.90 Å². The number of nitrogens with zero attached hydrogens (tertiary/aromatic N) is 1. The molecule has 1 aromatic carbocycles. The number of likely N-dealkylation sites (tertiary alicyclic amines) is 1. The zero-order valence-electron chi connectivity index (χ0n) is 13.5. The smallest absolute Gasteiger partial charge is 0.176 e. The summed E-state index contributed by atoms with van der Waals surface area (Å²) in [6, 6.07) is 7.49. The molecule has 1 fully saturated rings. The molecule has 3 nitrogen and oxygen atoms in total. The molecule has 0 N–H and O–H groups in total. The number of hydrogen-bond donors (Lipinski definition) is 0. The molecule has 0 aliphatic carbocycles. The highest BCUT2D eigenvalue weighted by atomic mass is 16.5. The molecule has 0 saturated carbocycles. The highest BCUT2D eigenvalue weighted by Gasteiger charge is 2.23. The van der Waals surface area contributed by atoms with E-state index in [1.807, 2.05) is 31.2 Å². The summed E-state index contributed by atoms with van der Waals surface area (Å²) >= 11 is 0. The average Bonchev–Trinajstić information content (AvgIpc) is 2.49. The standard InChI is InChI=1S/C18H27NO2/c1-4-21-17-7-5-16(6-8-17)18(20)13-19-11-9-15(10-12-19)14(2)3/h5-8,14-15H,4,9-13H2,1-3H3. The first-order valence-corrected chi connectivity index (χ1v) is 8.08. The Bertz CT molecular complexity index is 445. The molecule has 1 aliphatic rings. The van der Waals surface area contributed by atoms with Crippen molar-refractivity contribution >= 4 is 5.78 Å². The number of piperidine rings is 1. The van der Waals surface area contributed by atoms with E-state index in [0.29, 0.717) is 13.2 Å². The minimum Gasteiger partial charge on any atom is -0.494 e. The van der Waals surface area contributed by atoms with Gasteiger partial charge in [-0.25, -0.2) is 0 Å². The van der Waals surface area contributed by atoms with Crippen molar-refractivity contribution < 1.29 is 9.53 Å². The Balaban J connectivity index is 1.84. The predicted molar refractivity (Wildman–Crippen MR) is 85.9 cm³/mol. The number of ether oxygens (including phenoxy) is 1. The number of ketones is 1. The number of carbonyl (C=O) groups excluding carboxylic acids is 1. The third kappa shape index (κ3) is 4.57. The number of rotatable bonds is 6. The number of benzene rings is 1. The Morgan fingerprint density at radius 1 is 1.24 bits per heavy atom. The van der Waals surface area contributed by atoms with Crippen molar-refractivity contribution in [1.29, 1.82) is 0 Å². The van der Waals surface area contributed by atoms with E-state index in [9.17, 15) is 4.79 Å². The molecule has 0 unspecified atom stereocenters. The molecule has 1 saturated heterocycles. The van der Waals surface area contributed by atoms with Crippen molar-refractivity contribution in [3.63, 3.8) is 0 Å². The molecule has 2 rings (SSSR count). The van der Waals surface area contributed by atoms with Crippen LogP contribution in [-0.2, 0) is 0 Å². The zero-order valence-corrected chi connectivity index (χ0v) is 13.5. The zero-order chi connectivity index (χ0) is 15.2. The van der Waals surface area contributed by atoms with Gasteiger partial charge >= 0.3 is 0 Å². The summed E-state index contributed by atoms with van der Waals surface area (Å²) in [5.41, 5.74) is 0.782. The molecule has 0 bridgehead atoms. The van der Waals surface area contributed by atoms with Crippen molar-refractivity contribution in [3.8, 4) is 5.75 Å². The van der Waals surface area contributed by atoms with Crippen LogP contribution in [-0.4, -0.2) is 36.9 Å². The van der Waals surface area contributed by atoms with Crippen molar-refractivity contribution in [2.24, 2.45) is 11.8 Å². The van der Waals surface area contributed by atoms with Gasteiger partial charge in [0, 0.05) is 5.56 Å². The third-order valence-electron chi connectivity index (χ3n) is 4.43. The predicted octanol–water partition coefficient (Wildman–Crippen LogP) is 3.64. The normalized spacial score (nSPS) is 17.1. The molecule has 0 atom stereocenters. The quantitative estimate of drug-likeness (QED) is 0.749. The van der Waals surface area contributed by atoms with E-state index >= 15 is 0 Å². The molecule has 21 heavy (non-hydrogen) atoms. The Kier molecular flexibility index (Phi) is 5.80. The minimum absolute atomic E-state index is 0.209. The van der Waals surface area contributed by atoms with E-state index in [0.717, 1.165) is 36.2 Å². The Labute approximate surface area is 128 Å². The second kappa shape index (κ2) is 7.60. The number of carbonyl (C=O) groups is 1. The van der Waals surface area contributed by atoms with Crippen molar-refractivity contribution in [2.75, 3.05) is 26.2 Å². The molecule has 0 radical (unpaired) electrons. The van der Waals surface area contributed by atoms with Gasteiger partial charge in [0.25, 0.3) is 0 Å². The fourth-order valence-corrected chi connectivity index (χ4v) is 2.98. The van der Waals surface area contributed by atoms with E-state index in [1.165, 1.54) is 12.8 Å². The van der Waals surface area contributed by atoms with Crippen LogP contribution in [0.3, 0.4) is 0 Å². The number of Topliss-reactive ketones (excluding diaryl/α,β-unsaturated/α-hetero) is 1. The molecule has 0 spiro atoms. The lowest BCUT2D eigenvalue weighted by Crippen LogP contribution is -2.38. The van der Waals surface area contributed by atoms with Crippen molar-refractivity contribution in [3.05, 3.63) is 29.8 Å². The van der Waals surface area contributed by atoms with Gasteiger partial charge < -0.3 is 4.74 Å². The van der Waals surface area contributed by atoms with Crippen molar-refractivity contribution in [2.45, 2.75) is 33.6 Å². The maximum Gasteiger partial charge on any atom is 0.176 e. The largest absolute Gasteiger partial charge is 0.494 e. The van der Waals surface area contributed by atoms with Crippen LogP contribution in [0.1, 0.15) is 44.0 Å². The summed E-state index contributed by atoms with van der Waals surface area (Å²) in [7, 11) is 0. The fraction of sp³-hybridized carbons (Fsp3) is 0.611. The van der Waals surface area contributed by atoms with Gasteiger partial charge in [-0.3, -0.25) is 9.69 Å². The summed E-state index contributed by atoms with van der Waals surface area (Å²) < 4.78 is 5.40. The Morgan fingerprint density at radius 2 is 1.86 bits per heavy atom. The first kappa shape index (κ1) is 16.0. The van der Waals surface area contributed by atoms with Crippen LogP contribution in [0.4, 0.5) is 0 Å². The van der Waals surface area contributed by atoms with Gasteiger partial charge in [0.2, 0.25) is 0 Å². The summed E-state index contributed by atoms with van der Waals surface area (Å²) in [5.74, 6) is 2.61. The van der Waals surface area contributed by atoms with Gasteiger partial charge in [-0.2, -0.15) is 0 Å². The molecule has 0 aromatic heterocycles. The van der Waals surface area contributed by atoms with Gasteiger partial charge in [0.05, 0.1) is 13.2 Å². The summed E-state index contributed by atoms with van der Waals surface area (Å²) in [6.45, 7) is 9.84. The SMILES string of the molecule is CCOc1ccc(C(=O)CN2CCC(C(C)C)CC2)cc1. The second-order valence-electron chi connectivity index (χ2n) is 6.24. The first-order chi connectivity index (χ1) is 10.1. The fourth-order valence-electron chi connectivity index (χ4n) is 2.98. The molecule has 1 aromatic rings. The van der Waals surface area contributed by atoms with Gasteiger partial charge in [-0.1, -0.05) is 13.8 Å². The molecule has 0 amide bonds. The van der Waals surface area contributed by atoms with Crippen LogP contribution in [0.25, 0.3) is 0 Å². The Hall–Kier alpha value is -1.35. The maximum absolute atomic E-state index is 12.3. The summed E-state index contributed by atoms with van der Waals surface area (Å²) in [6.07, 6.45) is 2.43. The molecule has 3 heteroatoms. The van der Waals surface area contributed by atoms with E-state index in [4.69, 9.17) is 4.74 Å². The lowest BCUT2D eigenvalue weighted by molar-refractivity contribution is 0.0880. The molecule has 1 heterocycles.